The van der Waals surface area contributed by atoms with Crippen molar-refractivity contribution in [1.29, 1.82) is 0 Å². The molecule has 0 aromatic carbocycles. The number of aliphatic hydroxyl groups excluding tert-OH is 9. The van der Waals surface area contributed by atoms with Crippen LogP contribution in [0.2, 0.25) is 0 Å². The lowest BCUT2D eigenvalue weighted by atomic mass is 9.82. The fourth-order valence-electron chi connectivity index (χ4n) is 8.41. The molecule has 19 atom stereocenters. The highest BCUT2D eigenvalue weighted by molar-refractivity contribution is 5.80. The van der Waals surface area contributed by atoms with Gasteiger partial charge in [-0.1, -0.05) is 98.9 Å². The number of ether oxygens (including phenoxy) is 4. The standard InChI is InChI=1S/C51H82N2O17/c1-30-19-17-15-13-11-9-7-8-10-12-14-16-18-20-37(69-49-47(63)44(52)46(62)33(4)68-49)26-41-43(48(64)53-29-50(5,6)65)40(59)28-51(66,70-41)27-36(56)24-39(58)38(57)22-21-34(54)23-35(55)25-42(60)67-32(3)31(2)45(30)61/h7-20,30-41,43-47,49,54-59,61-63,65-66H,21-29,52H2,1-6H3,(H,53,64)/b8-7+,11-9+,12-10+,15-13+,16-14+,19-17+,20-18+/t30-,31-,32-,33+,34+,35+,36-,37-,38+,39+,40-,41-,43+,44-,45+,46+,47-,49-,51+/m0/s1. The molecule has 0 saturated carbocycles. The zero-order valence-electron chi connectivity index (χ0n) is 41.3. The van der Waals surface area contributed by atoms with E-state index in [1.54, 1.807) is 75.5 Å². The van der Waals surface area contributed by atoms with Crippen LogP contribution >= 0.6 is 0 Å². The molecule has 3 heterocycles. The third-order valence-electron chi connectivity index (χ3n) is 12.7. The summed E-state index contributed by atoms with van der Waals surface area (Å²) in [5.41, 5.74) is 4.75. The predicted octanol–water partition coefficient (Wildman–Crippen LogP) is 0.514. The first-order valence-corrected chi connectivity index (χ1v) is 24.3. The highest BCUT2D eigenvalue weighted by Crippen LogP contribution is 2.38. The minimum atomic E-state index is -2.31. The van der Waals surface area contributed by atoms with Gasteiger partial charge in [-0.25, -0.2) is 0 Å². The highest BCUT2D eigenvalue weighted by atomic mass is 16.7. The summed E-state index contributed by atoms with van der Waals surface area (Å²) in [6, 6.07) is -1.15. The Morgan fingerprint density at radius 2 is 1.29 bits per heavy atom. The van der Waals surface area contributed by atoms with Gasteiger partial charge < -0.3 is 86.2 Å². The Labute approximate surface area is 412 Å². The second-order valence-electron chi connectivity index (χ2n) is 19.8. The normalized spacial score (nSPS) is 43.3. The number of carbonyl (C=O) groups is 2. The number of rotatable bonds is 5. The van der Waals surface area contributed by atoms with Gasteiger partial charge >= 0.3 is 5.97 Å². The van der Waals surface area contributed by atoms with Gasteiger partial charge in [-0.3, -0.25) is 9.59 Å². The maximum atomic E-state index is 13.7. The monoisotopic (exact) mass is 995 g/mol. The van der Waals surface area contributed by atoms with E-state index in [0.29, 0.717) is 0 Å². The summed E-state index contributed by atoms with van der Waals surface area (Å²) in [7, 11) is 0. The zero-order valence-corrected chi connectivity index (χ0v) is 41.3. The summed E-state index contributed by atoms with van der Waals surface area (Å²) in [6.45, 7) is 9.50. The fourth-order valence-corrected chi connectivity index (χ4v) is 8.41. The molecular weight excluding hydrogens is 913 g/mol. The number of nitrogens with one attached hydrogen (secondary N) is 1. The first-order chi connectivity index (χ1) is 32.8. The van der Waals surface area contributed by atoms with Gasteiger partial charge in [0.25, 0.3) is 0 Å². The van der Waals surface area contributed by atoms with Crippen LogP contribution in [0.25, 0.3) is 0 Å². The summed E-state index contributed by atoms with van der Waals surface area (Å²) in [6.07, 6.45) is 4.01. The molecular formula is C51H82N2O17. The predicted molar refractivity (Wildman–Crippen MR) is 259 cm³/mol. The molecule has 2 saturated heterocycles. The third-order valence-corrected chi connectivity index (χ3v) is 12.7. The largest absolute Gasteiger partial charge is 0.462 e. The van der Waals surface area contributed by atoms with Crippen LogP contribution in [0.3, 0.4) is 0 Å². The summed E-state index contributed by atoms with van der Waals surface area (Å²) in [4.78, 5) is 26.4. The summed E-state index contributed by atoms with van der Waals surface area (Å²) >= 11 is 0. The summed E-state index contributed by atoms with van der Waals surface area (Å²) in [5.74, 6) is -5.88. The van der Waals surface area contributed by atoms with Crippen molar-refractivity contribution in [3.8, 4) is 0 Å². The zero-order chi connectivity index (χ0) is 52.3. The molecule has 14 N–H and O–H groups in total. The molecule has 19 heteroatoms. The molecule has 0 aromatic heterocycles. The Morgan fingerprint density at radius 3 is 1.87 bits per heavy atom. The van der Waals surface area contributed by atoms with Crippen molar-refractivity contribution >= 4 is 11.9 Å². The number of aliphatic hydroxyl groups is 11. The highest BCUT2D eigenvalue weighted by Gasteiger charge is 2.51. The van der Waals surface area contributed by atoms with E-state index in [1.807, 2.05) is 37.3 Å². The molecule has 0 aliphatic carbocycles. The van der Waals surface area contributed by atoms with Crippen molar-refractivity contribution in [3.63, 3.8) is 0 Å². The molecule has 3 aliphatic heterocycles. The Balaban J connectivity index is 1.94. The van der Waals surface area contributed by atoms with Crippen LogP contribution in [0.1, 0.15) is 92.9 Å². The molecule has 2 fully saturated rings. The summed E-state index contributed by atoms with van der Waals surface area (Å²) < 4.78 is 23.6. The van der Waals surface area contributed by atoms with Crippen LogP contribution < -0.4 is 11.1 Å². The number of allylic oxidation sites excluding steroid dienone is 12. The van der Waals surface area contributed by atoms with E-state index in [9.17, 15) is 65.8 Å². The lowest BCUT2D eigenvalue weighted by molar-refractivity contribution is -0.307. The maximum Gasteiger partial charge on any atom is 0.308 e. The van der Waals surface area contributed by atoms with E-state index in [0.717, 1.165) is 0 Å². The number of nitrogens with two attached hydrogens (primary N) is 1. The van der Waals surface area contributed by atoms with Gasteiger partial charge in [0.15, 0.2) is 12.1 Å². The Kier molecular flexibility index (Phi) is 25.4. The van der Waals surface area contributed by atoms with E-state index in [4.69, 9.17) is 24.7 Å². The van der Waals surface area contributed by atoms with Crippen molar-refractivity contribution in [2.45, 2.75) is 196 Å². The van der Waals surface area contributed by atoms with Crippen molar-refractivity contribution in [2.75, 3.05) is 6.54 Å². The molecule has 70 heavy (non-hydrogen) atoms. The number of carbonyl (C=O) groups excluding carboxylic acids is 2. The minimum Gasteiger partial charge on any atom is -0.462 e. The number of cyclic esters (lactones) is 1. The molecule has 0 aromatic rings. The molecule has 398 valence electrons. The van der Waals surface area contributed by atoms with Crippen molar-refractivity contribution < 1.29 is 84.7 Å². The van der Waals surface area contributed by atoms with Gasteiger partial charge in [-0.15, -0.1) is 0 Å². The Morgan fingerprint density at radius 1 is 0.714 bits per heavy atom. The minimum absolute atomic E-state index is 0.107. The number of esters is 1. The molecule has 19 nitrogen and oxygen atoms in total. The SMILES string of the molecule is C[C@@H]1[C@H](O)[C@@H](C)/C=C/C=C/C=C/C=C/C=C/C=C/C=C/[C@H](O[C@@H]2O[C@H](C)[C@@H](O)[C@H](N)[C@@H]2O)C[C@@H]2O[C@](O)(C[C@@H](O)C[C@@H](O)[C@H](O)CC[C@@H](O)C[C@@H](O)CC(=O)O[C@H]1C)C[C@H](O)[C@H]2C(=O)NCC(C)(C)O. The fraction of sp³-hybridized carbons (Fsp3) is 0.686. The van der Waals surface area contributed by atoms with Gasteiger partial charge in [0.2, 0.25) is 5.91 Å². The molecule has 2 bridgehead atoms. The lowest BCUT2D eigenvalue weighted by Crippen LogP contribution is -2.62. The number of amides is 1. The van der Waals surface area contributed by atoms with Crippen LogP contribution in [0.5, 0.6) is 0 Å². The van der Waals surface area contributed by atoms with E-state index >= 15 is 0 Å². The smallest absolute Gasteiger partial charge is 0.308 e. The Hall–Kier alpha value is -3.48. The molecule has 3 aliphatic rings. The van der Waals surface area contributed by atoms with Crippen molar-refractivity contribution in [3.05, 3.63) is 85.1 Å². The maximum absolute atomic E-state index is 13.7. The first-order valence-electron chi connectivity index (χ1n) is 24.3. The molecule has 1 amide bonds. The van der Waals surface area contributed by atoms with Gasteiger partial charge in [-0.2, -0.15) is 0 Å². The van der Waals surface area contributed by atoms with Crippen LogP contribution in [-0.2, 0) is 28.5 Å². The quantitative estimate of drug-likeness (QED) is 0.167. The van der Waals surface area contributed by atoms with E-state index in [1.165, 1.54) is 13.8 Å². The topological polar surface area (TPSA) is 332 Å². The van der Waals surface area contributed by atoms with Crippen LogP contribution in [-0.4, -0.2) is 178 Å². The second kappa shape index (κ2) is 29.3. The van der Waals surface area contributed by atoms with Crippen LogP contribution in [0.15, 0.2) is 85.1 Å². The van der Waals surface area contributed by atoms with Gasteiger partial charge in [0.1, 0.15) is 12.2 Å². The van der Waals surface area contributed by atoms with Gasteiger partial charge in [0, 0.05) is 44.1 Å². The molecule has 0 unspecified atom stereocenters. The molecule has 3 rings (SSSR count). The van der Waals surface area contributed by atoms with Crippen LogP contribution in [0.4, 0.5) is 0 Å². The van der Waals surface area contributed by atoms with E-state index in [2.05, 4.69) is 5.32 Å². The Bertz CT molecular complexity index is 1800. The second-order valence-corrected chi connectivity index (χ2v) is 19.8. The number of hydrogen-bond acceptors (Lipinski definition) is 18. The molecule has 0 radical (unpaired) electrons. The van der Waals surface area contributed by atoms with Crippen molar-refractivity contribution in [1.82, 2.24) is 5.32 Å². The van der Waals surface area contributed by atoms with Gasteiger partial charge in [-0.05, 0) is 47.0 Å². The number of fused-ring (bicyclic) bond motifs is 2. The van der Waals surface area contributed by atoms with Gasteiger partial charge in [0.05, 0.1) is 91.1 Å². The average Bonchev–Trinajstić information content (AvgIpc) is 3.26. The molecule has 0 spiro atoms. The first kappa shape index (κ1) is 60.8. The van der Waals surface area contributed by atoms with E-state index < -0.39 is 152 Å². The lowest BCUT2D eigenvalue weighted by Gasteiger charge is -2.46. The third kappa shape index (κ3) is 20.9. The van der Waals surface area contributed by atoms with Crippen molar-refractivity contribution in [2.24, 2.45) is 23.5 Å². The van der Waals surface area contributed by atoms with Crippen LogP contribution in [0, 0.1) is 17.8 Å². The number of hydrogen-bond donors (Lipinski definition) is 13. The summed E-state index contributed by atoms with van der Waals surface area (Å²) in [5, 5.41) is 123. The average molecular weight is 995 g/mol. The van der Waals surface area contributed by atoms with E-state index in [-0.39, 0.29) is 38.1 Å².